The molecule has 0 unspecified atom stereocenters. The largest absolute Gasteiger partial charge is 0.496 e. The Balaban J connectivity index is 2.65. The molecular formula is C12H15N3O2S. The maximum Gasteiger partial charge on any atom is 0.182 e. The fraction of sp³-hybridized carbons (Fsp3) is 0.250. The maximum absolute atomic E-state index is 5.91. The Hall–Kier alpha value is -1.95. The van der Waals surface area contributed by atoms with Gasteiger partial charge in [0.1, 0.15) is 22.2 Å². The van der Waals surface area contributed by atoms with E-state index in [1.807, 2.05) is 19.1 Å². The summed E-state index contributed by atoms with van der Waals surface area (Å²) < 4.78 is 10.7. The number of nitrogen functional groups attached to an aromatic ring is 2. The van der Waals surface area contributed by atoms with Crippen LogP contribution in [0.4, 0.5) is 10.1 Å². The number of aryl methyl sites for hydroxylation is 1. The lowest BCUT2D eigenvalue weighted by atomic mass is 10.1. The Labute approximate surface area is 109 Å². The highest BCUT2D eigenvalue weighted by atomic mass is 32.1. The zero-order valence-electron chi connectivity index (χ0n) is 10.5. The first kappa shape index (κ1) is 12.5. The fourth-order valence-corrected chi connectivity index (χ4v) is 2.39. The summed E-state index contributed by atoms with van der Waals surface area (Å²) >= 11 is 1.25. The molecular weight excluding hydrogens is 250 g/mol. The van der Waals surface area contributed by atoms with Gasteiger partial charge < -0.3 is 20.9 Å². The molecule has 4 N–H and O–H groups in total. The number of benzene rings is 1. The van der Waals surface area contributed by atoms with E-state index in [0.29, 0.717) is 21.6 Å². The number of rotatable bonds is 3. The van der Waals surface area contributed by atoms with Gasteiger partial charge in [-0.3, -0.25) is 0 Å². The van der Waals surface area contributed by atoms with Crippen LogP contribution < -0.4 is 20.9 Å². The van der Waals surface area contributed by atoms with Crippen molar-refractivity contribution in [3.63, 3.8) is 0 Å². The van der Waals surface area contributed by atoms with E-state index in [2.05, 4.69) is 4.98 Å². The van der Waals surface area contributed by atoms with Crippen LogP contribution in [-0.4, -0.2) is 19.2 Å². The summed E-state index contributed by atoms with van der Waals surface area (Å²) in [6, 6.07) is 3.75. The molecule has 0 atom stereocenters. The third kappa shape index (κ3) is 2.06. The Kier molecular flexibility index (Phi) is 3.29. The third-order valence-corrected chi connectivity index (χ3v) is 3.36. The lowest BCUT2D eigenvalue weighted by Gasteiger charge is -2.12. The highest BCUT2D eigenvalue weighted by Crippen LogP contribution is 2.40. The minimum Gasteiger partial charge on any atom is -0.496 e. The number of nitrogens with zero attached hydrogens (tertiary/aromatic N) is 1. The van der Waals surface area contributed by atoms with Gasteiger partial charge in [0.25, 0.3) is 0 Å². The summed E-state index contributed by atoms with van der Waals surface area (Å²) in [5, 5.41) is 1.00. The van der Waals surface area contributed by atoms with E-state index in [1.54, 1.807) is 14.2 Å². The van der Waals surface area contributed by atoms with Crippen molar-refractivity contribution in [3.05, 3.63) is 17.7 Å². The quantitative estimate of drug-likeness (QED) is 0.889. The fourth-order valence-electron chi connectivity index (χ4n) is 1.78. The van der Waals surface area contributed by atoms with E-state index >= 15 is 0 Å². The molecule has 0 amide bonds. The predicted octanol–water partition coefficient (Wildman–Crippen LogP) is 2.30. The van der Waals surface area contributed by atoms with Crippen LogP contribution in [0.5, 0.6) is 11.5 Å². The van der Waals surface area contributed by atoms with Crippen molar-refractivity contribution in [1.82, 2.24) is 4.98 Å². The van der Waals surface area contributed by atoms with Crippen molar-refractivity contribution >= 4 is 21.5 Å². The number of hydrogen-bond acceptors (Lipinski definition) is 6. The smallest absolute Gasteiger partial charge is 0.182 e. The van der Waals surface area contributed by atoms with Crippen LogP contribution in [0.1, 0.15) is 5.56 Å². The molecule has 0 saturated carbocycles. The molecule has 0 spiro atoms. The normalized spacial score (nSPS) is 10.4. The van der Waals surface area contributed by atoms with Crippen LogP contribution in [0.25, 0.3) is 11.3 Å². The molecule has 0 aliphatic carbocycles. The third-order valence-electron chi connectivity index (χ3n) is 2.64. The van der Waals surface area contributed by atoms with Crippen LogP contribution in [0.15, 0.2) is 12.1 Å². The standard InChI is InChI=1S/C12H15N3O2S/c1-6-4-9(17-3)7(5-8(6)16-2)10-11(13)18-12(14)15-10/h4-5H,13H2,1-3H3,(H2,14,15). The average Bonchev–Trinajstić information content (AvgIpc) is 2.68. The second kappa shape index (κ2) is 4.73. The molecule has 2 aromatic rings. The lowest BCUT2D eigenvalue weighted by molar-refractivity contribution is 0.401. The molecule has 0 fully saturated rings. The zero-order valence-corrected chi connectivity index (χ0v) is 11.3. The lowest BCUT2D eigenvalue weighted by Crippen LogP contribution is -1.95. The molecule has 6 heteroatoms. The molecule has 0 aliphatic rings. The topological polar surface area (TPSA) is 83.4 Å². The molecule has 0 bridgehead atoms. The Morgan fingerprint density at radius 2 is 1.78 bits per heavy atom. The molecule has 0 radical (unpaired) electrons. The summed E-state index contributed by atoms with van der Waals surface area (Å²) in [7, 11) is 3.23. The molecule has 1 aromatic carbocycles. The molecule has 96 valence electrons. The van der Waals surface area contributed by atoms with Crippen molar-refractivity contribution in [1.29, 1.82) is 0 Å². The van der Waals surface area contributed by atoms with Gasteiger partial charge in [-0.15, -0.1) is 0 Å². The highest BCUT2D eigenvalue weighted by molar-refractivity contribution is 7.19. The van der Waals surface area contributed by atoms with E-state index in [-0.39, 0.29) is 0 Å². The Morgan fingerprint density at radius 1 is 1.11 bits per heavy atom. The van der Waals surface area contributed by atoms with Crippen molar-refractivity contribution in [2.75, 3.05) is 25.7 Å². The number of thiazole rings is 1. The SMILES string of the molecule is COc1cc(-c2nc(N)sc2N)c(OC)cc1C. The van der Waals surface area contributed by atoms with Crippen molar-refractivity contribution in [3.8, 4) is 22.8 Å². The first-order valence-electron chi connectivity index (χ1n) is 5.31. The maximum atomic E-state index is 5.91. The van der Waals surface area contributed by atoms with Gasteiger partial charge in [0.15, 0.2) is 5.13 Å². The van der Waals surface area contributed by atoms with Crippen molar-refractivity contribution < 1.29 is 9.47 Å². The number of methoxy groups -OCH3 is 2. The van der Waals surface area contributed by atoms with Crippen LogP contribution >= 0.6 is 11.3 Å². The predicted molar refractivity (Wildman–Crippen MR) is 74.2 cm³/mol. The molecule has 18 heavy (non-hydrogen) atoms. The molecule has 2 rings (SSSR count). The summed E-state index contributed by atoms with van der Waals surface area (Å²) in [4.78, 5) is 4.23. The molecule has 0 saturated heterocycles. The summed E-state index contributed by atoms with van der Waals surface area (Å²) in [5.74, 6) is 1.46. The van der Waals surface area contributed by atoms with Crippen molar-refractivity contribution in [2.24, 2.45) is 0 Å². The van der Waals surface area contributed by atoms with Gasteiger partial charge in [0.2, 0.25) is 0 Å². The van der Waals surface area contributed by atoms with Gasteiger partial charge in [0.05, 0.1) is 14.2 Å². The van der Waals surface area contributed by atoms with E-state index in [0.717, 1.165) is 16.9 Å². The van der Waals surface area contributed by atoms with Crippen LogP contribution in [0, 0.1) is 6.92 Å². The first-order valence-corrected chi connectivity index (χ1v) is 6.13. The highest BCUT2D eigenvalue weighted by Gasteiger charge is 2.16. The van der Waals surface area contributed by atoms with Crippen LogP contribution in [-0.2, 0) is 0 Å². The number of hydrogen-bond donors (Lipinski definition) is 2. The van der Waals surface area contributed by atoms with Crippen LogP contribution in [0.3, 0.4) is 0 Å². The summed E-state index contributed by atoms with van der Waals surface area (Å²) in [5.41, 5.74) is 14.0. The van der Waals surface area contributed by atoms with Gasteiger partial charge in [-0.05, 0) is 24.6 Å². The Morgan fingerprint density at radius 3 is 2.28 bits per heavy atom. The summed E-state index contributed by atoms with van der Waals surface area (Å²) in [6.45, 7) is 1.95. The van der Waals surface area contributed by atoms with Gasteiger partial charge in [-0.2, -0.15) is 0 Å². The molecule has 1 aromatic heterocycles. The minimum absolute atomic E-state index is 0.434. The van der Waals surface area contributed by atoms with E-state index in [4.69, 9.17) is 20.9 Å². The zero-order chi connectivity index (χ0) is 13.3. The van der Waals surface area contributed by atoms with Gasteiger partial charge >= 0.3 is 0 Å². The van der Waals surface area contributed by atoms with Crippen LogP contribution in [0.2, 0.25) is 0 Å². The number of anilines is 2. The Bertz CT molecular complexity index is 581. The summed E-state index contributed by atoms with van der Waals surface area (Å²) in [6.07, 6.45) is 0. The second-order valence-electron chi connectivity index (χ2n) is 3.79. The van der Waals surface area contributed by atoms with E-state index < -0.39 is 0 Å². The molecule has 1 heterocycles. The number of aromatic nitrogens is 1. The van der Waals surface area contributed by atoms with Gasteiger partial charge in [0, 0.05) is 5.56 Å². The number of nitrogens with two attached hydrogens (primary N) is 2. The number of ether oxygens (including phenoxy) is 2. The molecule has 0 aliphatic heterocycles. The first-order chi connectivity index (χ1) is 8.56. The van der Waals surface area contributed by atoms with Crippen molar-refractivity contribution in [2.45, 2.75) is 6.92 Å². The van der Waals surface area contributed by atoms with E-state index in [1.165, 1.54) is 11.3 Å². The van der Waals surface area contributed by atoms with Gasteiger partial charge in [-0.25, -0.2) is 4.98 Å². The van der Waals surface area contributed by atoms with Gasteiger partial charge in [-0.1, -0.05) is 11.3 Å². The second-order valence-corrected chi connectivity index (χ2v) is 4.85. The average molecular weight is 265 g/mol. The molecule has 5 nitrogen and oxygen atoms in total. The van der Waals surface area contributed by atoms with E-state index in [9.17, 15) is 0 Å². The minimum atomic E-state index is 0.434. The monoisotopic (exact) mass is 265 g/mol.